The summed E-state index contributed by atoms with van der Waals surface area (Å²) in [5, 5.41) is 3.22. The summed E-state index contributed by atoms with van der Waals surface area (Å²) in [4.78, 5) is 0. The number of hydrogen-bond acceptors (Lipinski definition) is 3. The monoisotopic (exact) mass is 301 g/mol. The van der Waals surface area contributed by atoms with Gasteiger partial charge in [0.1, 0.15) is 6.61 Å². The van der Waals surface area contributed by atoms with Crippen molar-refractivity contribution in [3.63, 3.8) is 0 Å². The number of halogens is 4. The highest BCUT2D eigenvalue weighted by Gasteiger charge is 2.41. The molecular formula is C13H23F4NO2. The lowest BCUT2D eigenvalue weighted by atomic mass is 9.94. The minimum Gasteiger partial charge on any atom is -0.381 e. The predicted molar refractivity (Wildman–Crippen MR) is 67.4 cm³/mol. The zero-order valence-corrected chi connectivity index (χ0v) is 11.7. The first-order valence-corrected chi connectivity index (χ1v) is 7.02. The average molecular weight is 301 g/mol. The lowest BCUT2D eigenvalue weighted by Crippen LogP contribution is -2.45. The zero-order valence-electron chi connectivity index (χ0n) is 11.7. The molecule has 1 rings (SSSR count). The summed E-state index contributed by atoms with van der Waals surface area (Å²) in [5.74, 6) is -3.91. The molecule has 0 radical (unpaired) electrons. The van der Waals surface area contributed by atoms with Crippen molar-refractivity contribution in [2.24, 2.45) is 5.92 Å². The molecule has 120 valence electrons. The maximum absolute atomic E-state index is 12.8. The largest absolute Gasteiger partial charge is 0.381 e. The first-order chi connectivity index (χ1) is 9.47. The van der Waals surface area contributed by atoms with Crippen LogP contribution in [0.5, 0.6) is 0 Å². The Morgan fingerprint density at radius 1 is 1.40 bits per heavy atom. The lowest BCUT2D eigenvalue weighted by Gasteiger charge is -2.31. The summed E-state index contributed by atoms with van der Waals surface area (Å²) in [6, 6.07) is -0.135. The molecule has 1 aliphatic heterocycles. The molecule has 2 unspecified atom stereocenters. The Balaban J connectivity index is 2.39. The third-order valence-electron chi connectivity index (χ3n) is 3.33. The van der Waals surface area contributed by atoms with Crippen molar-refractivity contribution < 1.29 is 27.0 Å². The molecule has 0 amide bonds. The van der Waals surface area contributed by atoms with E-state index in [9.17, 15) is 17.6 Å². The van der Waals surface area contributed by atoms with Crippen molar-refractivity contribution in [1.82, 2.24) is 5.32 Å². The van der Waals surface area contributed by atoms with Crippen LogP contribution in [0.25, 0.3) is 0 Å². The third kappa shape index (κ3) is 5.93. The van der Waals surface area contributed by atoms with Gasteiger partial charge in [-0.1, -0.05) is 6.92 Å². The minimum atomic E-state index is -4.08. The second kappa shape index (κ2) is 8.79. The van der Waals surface area contributed by atoms with Crippen LogP contribution in [0.2, 0.25) is 0 Å². The van der Waals surface area contributed by atoms with Crippen LogP contribution in [0.15, 0.2) is 0 Å². The van der Waals surface area contributed by atoms with Crippen LogP contribution in [-0.2, 0) is 9.47 Å². The molecular weight excluding hydrogens is 278 g/mol. The molecule has 1 heterocycles. The van der Waals surface area contributed by atoms with E-state index in [1.807, 2.05) is 6.92 Å². The highest BCUT2D eigenvalue weighted by atomic mass is 19.3. The molecule has 3 nitrogen and oxygen atoms in total. The highest BCUT2D eigenvalue weighted by Crippen LogP contribution is 2.24. The van der Waals surface area contributed by atoms with Crippen molar-refractivity contribution in [3.05, 3.63) is 0 Å². The molecule has 20 heavy (non-hydrogen) atoms. The molecule has 0 spiro atoms. The fourth-order valence-electron chi connectivity index (χ4n) is 2.16. The van der Waals surface area contributed by atoms with Gasteiger partial charge in [0.15, 0.2) is 0 Å². The van der Waals surface area contributed by atoms with Gasteiger partial charge in [-0.3, -0.25) is 0 Å². The molecule has 0 aromatic carbocycles. The van der Waals surface area contributed by atoms with Gasteiger partial charge in [0.2, 0.25) is 0 Å². The minimum absolute atomic E-state index is 0.00363. The second-order valence-electron chi connectivity index (χ2n) is 5.11. The molecule has 0 aliphatic carbocycles. The smallest absolute Gasteiger partial charge is 0.330 e. The van der Waals surface area contributed by atoms with Crippen LogP contribution in [0.1, 0.15) is 26.2 Å². The standard InChI is InChI=1S/C13H23F4NO2/c1-2-5-18-11(10-4-3-6-19-7-10)8-20-9-13(16,17)12(14)15/h10-12,18H,2-9H2,1H3. The second-order valence-corrected chi connectivity index (χ2v) is 5.11. The fourth-order valence-corrected chi connectivity index (χ4v) is 2.16. The van der Waals surface area contributed by atoms with Gasteiger partial charge in [0.25, 0.3) is 0 Å². The summed E-state index contributed by atoms with van der Waals surface area (Å²) in [6.07, 6.45) is -0.947. The molecule has 1 fully saturated rings. The predicted octanol–water partition coefficient (Wildman–Crippen LogP) is 2.70. The Hall–Kier alpha value is -0.400. The normalized spacial score (nSPS) is 22.2. The van der Waals surface area contributed by atoms with Gasteiger partial charge in [0.05, 0.1) is 13.2 Å². The number of nitrogens with one attached hydrogen (secondary N) is 1. The summed E-state index contributed by atoms with van der Waals surface area (Å²) in [5.41, 5.74) is 0. The van der Waals surface area contributed by atoms with E-state index in [1.54, 1.807) is 0 Å². The Morgan fingerprint density at radius 2 is 2.15 bits per heavy atom. The molecule has 2 atom stereocenters. The first-order valence-electron chi connectivity index (χ1n) is 7.02. The first kappa shape index (κ1) is 17.7. The molecule has 0 aromatic rings. The van der Waals surface area contributed by atoms with E-state index in [2.05, 4.69) is 5.32 Å². The molecule has 0 aromatic heterocycles. The van der Waals surface area contributed by atoms with E-state index < -0.39 is 19.0 Å². The molecule has 1 N–H and O–H groups in total. The number of hydrogen-bond donors (Lipinski definition) is 1. The molecule has 0 saturated carbocycles. The number of alkyl halides is 4. The zero-order chi connectivity index (χ0) is 15.0. The summed E-state index contributed by atoms with van der Waals surface area (Å²) < 4.78 is 59.8. The fraction of sp³-hybridized carbons (Fsp3) is 1.00. The van der Waals surface area contributed by atoms with Crippen LogP contribution in [-0.4, -0.2) is 51.4 Å². The van der Waals surface area contributed by atoms with Crippen LogP contribution in [0, 0.1) is 5.92 Å². The van der Waals surface area contributed by atoms with Crippen molar-refractivity contribution in [1.29, 1.82) is 0 Å². The van der Waals surface area contributed by atoms with E-state index >= 15 is 0 Å². The SMILES string of the molecule is CCCNC(COCC(F)(F)C(F)F)C1CCCOC1. The molecule has 0 bridgehead atoms. The Labute approximate surface area is 117 Å². The summed E-state index contributed by atoms with van der Waals surface area (Å²) >= 11 is 0. The van der Waals surface area contributed by atoms with E-state index in [1.165, 1.54) is 0 Å². The van der Waals surface area contributed by atoms with Crippen molar-refractivity contribution in [2.45, 2.75) is 44.6 Å². The van der Waals surface area contributed by atoms with Crippen molar-refractivity contribution >= 4 is 0 Å². The maximum atomic E-state index is 12.8. The van der Waals surface area contributed by atoms with Crippen LogP contribution < -0.4 is 5.32 Å². The lowest BCUT2D eigenvalue weighted by molar-refractivity contribution is -0.168. The summed E-state index contributed by atoms with van der Waals surface area (Å²) in [6.45, 7) is 2.74. The number of ether oxygens (including phenoxy) is 2. The molecule has 1 aliphatic rings. The molecule has 7 heteroatoms. The molecule has 1 saturated heterocycles. The van der Waals surface area contributed by atoms with Crippen LogP contribution in [0.4, 0.5) is 17.6 Å². The summed E-state index contributed by atoms with van der Waals surface area (Å²) in [7, 11) is 0. The number of rotatable bonds is 9. The van der Waals surface area contributed by atoms with Crippen molar-refractivity contribution in [3.8, 4) is 0 Å². The van der Waals surface area contributed by atoms with Crippen molar-refractivity contribution in [2.75, 3.05) is 33.0 Å². The quantitative estimate of drug-likeness (QED) is 0.664. The van der Waals surface area contributed by atoms with E-state index in [-0.39, 0.29) is 18.6 Å². The van der Waals surface area contributed by atoms with Crippen LogP contribution in [0.3, 0.4) is 0 Å². The van der Waals surface area contributed by atoms with Crippen LogP contribution >= 0.6 is 0 Å². The van der Waals surface area contributed by atoms with E-state index in [0.717, 1.165) is 25.8 Å². The highest BCUT2D eigenvalue weighted by molar-refractivity contribution is 4.79. The van der Waals surface area contributed by atoms with Gasteiger partial charge in [0, 0.05) is 12.6 Å². The van der Waals surface area contributed by atoms with Gasteiger partial charge < -0.3 is 14.8 Å². The van der Waals surface area contributed by atoms with Gasteiger partial charge in [-0.15, -0.1) is 0 Å². The third-order valence-corrected chi connectivity index (χ3v) is 3.33. The van der Waals surface area contributed by atoms with Gasteiger partial charge in [-0.25, -0.2) is 8.78 Å². The maximum Gasteiger partial charge on any atom is 0.330 e. The van der Waals surface area contributed by atoms with Gasteiger partial charge in [-0.2, -0.15) is 8.78 Å². The average Bonchev–Trinajstić information content (AvgIpc) is 2.43. The van der Waals surface area contributed by atoms with Gasteiger partial charge in [-0.05, 0) is 31.7 Å². The van der Waals surface area contributed by atoms with E-state index in [0.29, 0.717) is 13.2 Å². The Bertz CT molecular complexity index is 261. The Kier molecular flexibility index (Phi) is 7.76. The Morgan fingerprint density at radius 3 is 2.70 bits per heavy atom. The topological polar surface area (TPSA) is 30.5 Å². The van der Waals surface area contributed by atoms with Gasteiger partial charge >= 0.3 is 12.3 Å². The van der Waals surface area contributed by atoms with E-state index in [4.69, 9.17) is 9.47 Å².